The number of aromatic nitrogens is 1. The van der Waals surface area contributed by atoms with Crippen molar-refractivity contribution in [2.45, 2.75) is 50.3 Å². The number of rotatable bonds is 5. The van der Waals surface area contributed by atoms with Crippen LogP contribution in [-0.4, -0.2) is 42.2 Å². The number of hydrogen-bond donors (Lipinski definition) is 1. The molecule has 0 aromatic carbocycles. The number of nitrogens with zero attached hydrogens (tertiary/aromatic N) is 2. The monoisotopic (exact) mass is 317 g/mol. The van der Waals surface area contributed by atoms with Gasteiger partial charge in [0.05, 0.1) is 17.3 Å². The second kappa shape index (κ2) is 7.18. The molecule has 6 heteroatoms. The zero-order valence-corrected chi connectivity index (χ0v) is 13.6. The van der Waals surface area contributed by atoms with Crippen molar-refractivity contribution in [2.24, 2.45) is 5.73 Å². The molecule has 0 amide bonds. The molecule has 0 radical (unpaired) electrons. The third-order valence-electron chi connectivity index (χ3n) is 4.38. The summed E-state index contributed by atoms with van der Waals surface area (Å²) in [4.78, 5) is 8.54. The fourth-order valence-corrected chi connectivity index (χ4v) is 3.88. The smallest absolute Gasteiger partial charge is 0.0798 e. The summed E-state index contributed by atoms with van der Waals surface area (Å²) in [6.45, 7) is 2.83. The van der Waals surface area contributed by atoms with Gasteiger partial charge in [0.2, 0.25) is 0 Å². The highest BCUT2D eigenvalue weighted by molar-refractivity contribution is 7.09. The van der Waals surface area contributed by atoms with E-state index in [4.69, 9.17) is 10.5 Å². The molecule has 1 aliphatic heterocycles. The van der Waals surface area contributed by atoms with Crippen molar-refractivity contribution in [1.29, 1.82) is 0 Å². The van der Waals surface area contributed by atoms with Crippen molar-refractivity contribution in [3.05, 3.63) is 16.1 Å². The van der Waals surface area contributed by atoms with E-state index in [-0.39, 0.29) is 12.4 Å². The average molecular weight is 318 g/mol. The van der Waals surface area contributed by atoms with Gasteiger partial charge >= 0.3 is 0 Å². The first-order chi connectivity index (χ1) is 9.31. The average Bonchev–Trinajstić information content (AvgIpc) is 3.19. The largest absolute Gasteiger partial charge is 0.381 e. The third kappa shape index (κ3) is 3.52. The second-order valence-electron chi connectivity index (χ2n) is 5.68. The Morgan fingerprint density at radius 1 is 1.45 bits per heavy atom. The van der Waals surface area contributed by atoms with E-state index in [1.165, 1.54) is 23.4 Å². The highest BCUT2D eigenvalue weighted by Gasteiger charge is 2.32. The van der Waals surface area contributed by atoms with Crippen LogP contribution in [0.2, 0.25) is 0 Å². The van der Waals surface area contributed by atoms with Gasteiger partial charge in [-0.3, -0.25) is 4.90 Å². The number of hydrogen-bond acceptors (Lipinski definition) is 5. The minimum atomic E-state index is 0. The van der Waals surface area contributed by atoms with Crippen LogP contribution in [0.25, 0.3) is 0 Å². The lowest BCUT2D eigenvalue weighted by Gasteiger charge is -2.38. The number of methoxy groups -OCH3 is 1. The molecule has 1 aromatic rings. The standard InChI is InChI=1S/C14H23N3OS.ClH/c1-18-12-4-5-17(11(6-12)7-15)8-13-14(10-2-3-10)16-9-19-13;/h9-12H,2-8,15H2,1H3;1H. The number of halogens is 1. The Balaban J connectivity index is 0.00000147. The molecule has 2 heterocycles. The summed E-state index contributed by atoms with van der Waals surface area (Å²) in [5.41, 5.74) is 9.30. The van der Waals surface area contributed by atoms with Crippen molar-refractivity contribution in [3.63, 3.8) is 0 Å². The highest BCUT2D eigenvalue weighted by Crippen LogP contribution is 2.42. The Labute approximate surface area is 131 Å². The molecule has 1 aromatic heterocycles. The molecule has 1 aliphatic carbocycles. The Morgan fingerprint density at radius 3 is 2.90 bits per heavy atom. The molecule has 2 unspecified atom stereocenters. The van der Waals surface area contributed by atoms with E-state index in [0.29, 0.717) is 12.1 Å². The van der Waals surface area contributed by atoms with Crippen molar-refractivity contribution < 1.29 is 4.74 Å². The number of thiazole rings is 1. The zero-order chi connectivity index (χ0) is 13.2. The van der Waals surface area contributed by atoms with Gasteiger partial charge in [-0.25, -0.2) is 4.98 Å². The minimum Gasteiger partial charge on any atom is -0.381 e. The maximum Gasteiger partial charge on any atom is 0.0798 e. The van der Waals surface area contributed by atoms with Crippen molar-refractivity contribution >= 4 is 23.7 Å². The molecule has 3 rings (SSSR count). The Bertz CT molecular complexity index is 424. The maximum absolute atomic E-state index is 5.94. The molecule has 20 heavy (non-hydrogen) atoms. The fourth-order valence-electron chi connectivity index (χ4n) is 3.00. The van der Waals surface area contributed by atoms with Crippen LogP contribution in [0.4, 0.5) is 0 Å². The van der Waals surface area contributed by atoms with Crippen LogP contribution in [0.5, 0.6) is 0 Å². The van der Waals surface area contributed by atoms with E-state index < -0.39 is 0 Å². The predicted octanol–water partition coefficient (Wildman–Crippen LogP) is 2.38. The van der Waals surface area contributed by atoms with Crippen LogP contribution in [0.3, 0.4) is 0 Å². The first-order valence-corrected chi connectivity index (χ1v) is 8.09. The van der Waals surface area contributed by atoms with Gasteiger partial charge in [0, 0.05) is 43.6 Å². The van der Waals surface area contributed by atoms with Crippen LogP contribution in [0.15, 0.2) is 5.51 Å². The summed E-state index contributed by atoms with van der Waals surface area (Å²) in [6, 6.07) is 0.452. The van der Waals surface area contributed by atoms with E-state index >= 15 is 0 Å². The van der Waals surface area contributed by atoms with E-state index in [9.17, 15) is 0 Å². The van der Waals surface area contributed by atoms with Gasteiger partial charge in [-0.1, -0.05) is 0 Å². The normalized spacial score (nSPS) is 27.3. The van der Waals surface area contributed by atoms with E-state index in [1.54, 1.807) is 11.3 Å². The van der Waals surface area contributed by atoms with Gasteiger partial charge in [0.1, 0.15) is 0 Å². The SMILES string of the molecule is COC1CCN(Cc2scnc2C2CC2)C(CN)C1.Cl. The van der Waals surface area contributed by atoms with Gasteiger partial charge in [-0.2, -0.15) is 0 Å². The Hall–Kier alpha value is -0.200. The number of nitrogens with two attached hydrogens (primary N) is 1. The fraction of sp³-hybridized carbons (Fsp3) is 0.786. The maximum atomic E-state index is 5.94. The molecule has 114 valence electrons. The molecule has 2 N–H and O–H groups in total. The minimum absolute atomic E-state index is 0. The lowest BCUT2D eigenvalue weighted by molar-refractivity contribution is 0.0105. The van der Waals surface area contributed by atoms with Crippen LogP contribution < -0.4 is 5.73 Å². The first-order valence-electron chi connectivity index (χ1n) is 7.21. The molecule has 0 bridgehead atoms. The molecule has 2 aliphatic rings. The molecule has 0 spiro atoms. The number of ether oxygens (including phenoxy) is 1. The molecule has 4 nitrogen and oxygen atoms in total. The van der Waals surface area contributed by atoms with Gasteiger partial charge in [-0.05, 0) is 25.7 Å². The van der Waals surface area contributed by atoms with Crippen LogP contribution in [0, 0.1) is 0 Å². The molecular weight excluding hydrogens is 294 g/mol. The molecule has 2 atom stereocenters. The quantitative estimate of drug-likeness (QED) is 0.906. The zero-order valence-electron chi connectivity index (χ0n) is 12.0. The van der Waals surface area contributed by atoms with E-state index in [2.05, 4.69) is 9.88 Å². The van der Waals surface area contributed by atoms with Crippen molar-refractivity contribution in [1.82, 2.24) is 9.88 Å². The number of likely N-dealkylation sites (tertiary alicyclic amines) is 1. The second-order valence-corrected chi connectivity index (χ2v) is 6.62. The van der Waals surface area contributed by atoms with Gasteiger partial charge < -0.3 is 10.5 Å². The Kier molecular flexibility index (Phi) is 5.81. The summed E-state index contributed by atoms with van der Waals surface area (Å²) in [6.07, 6.45) is 5.20. The van der Waals surface area contributed by atoms with Crippen molar-refractivity contribution in [3.8, 4) is 0 Å². The predicted molar refractivity (Wildman–Crippen MR) is 84.6 cm³/mol. The Morgan fingerprint density at radius 2 is 2.25 bits per heavy atom. The van der Waals surface area contributed by atoms with E-state index in [1.807, 2.05) is 12.6 Å². The summed E-state index contributed by atoms with van der Waals surface area (Å²) in [7, 11) is 1.81. The topological polar surface area (TPSA) is 51.4 Å². The van der Waals surface area contributed by atoms with Crippen molar-refractivity contribution in [2.75, 3.05) is 20.2 Å². The van der Waals surface area contributed by atoms with Crippen LogP contribution in [0.1, 0.15) is 42.2 Å². The summed E-state index contributed by atoms with van der Waals surface area (Å²) in [5, 5.41) is 0. The molecule has 1 saturated carbocycles. The number of piperidine rings is 1. The van der Waals surface area contributed by atoms with Crippen LogP contribution in [-0.2, 0) is 11.3 Å². The lowest BCUT2D eigenvalue weighted by atomic mass is 9.99. The lowest BCUT2D eigenvalue weighted by Crippen LogP contribution is -2.47. The molecule has 2 fully saturated rings. The van der Waals surface area contributed by atoms with Crippen LogP contribution >= 0.6 is 23.7 Å². The summed E-state index contributed by atoms with van der Waals surface area (Å²) in [5.74, 6) is 0.745. The van der Waals surface area contributed by atoms with Gasteiger partial charge in [0.15, 0.2) is 0 Å². The van der Waals surface area contributed by atoms with Gasteiger partial charge in [0.25, 0.3) is 0 Å². The first kappa shape index (κ1) is 16.2. The molecular formula is C14H24ClN3OS. The third-order valence-corrected chi connectivity index (χ3v) is 5.21. The highest BCUT2D eigenvalue weighted by atomic mass is 35.5. The molecule has 1 saturated heterocycles. The summed E-state index contributed by atoms with van der Waals surface area (Å²) >= 11 is 1.81. The summed E-state index contributed by atoms with van der Waals surface area (Å²) < 4.78 is 5.49. The van der Waals surface area contributed by atoms with E-state index in [0.717, 1.165) is 38.4 Å². The van der Waals surface area contributed by atoms with Gasteiger partial charge in [-0.15, -0.1) is 23.7 Å².